The van der Waals surface area contributed by atoms with Crippen molar-refractivity contribution in [1.82, 2.24) is 0 Å². The van der Waals surface area contributed by atoms with Crippen LogP contribution in [0.1, 0.15) is 52.9 Å². The van der Waals surface area contributed by atoms with E-state index in [1.807, 2.05) is 0 Å². The van der Waals surface area contributed by atoms with Gasteiger partial charge in [-0.3, -0.25) is 4.79 Å². The van der Waals surface area contributed by atoms with Gasteiger partial charge in [-0.15, -0.1) is 0 Å². The molecular weight excluding hydrogens is 230 g/mol. The number of nitrogens with two attached hydrogens (primary N) is 1. The summed E-state index contributed by atoms with van der Waals surface area (Å²) in [6.07, 6.45) is 4.78. The highest BCUT2D eigenvalue weighted by Gasteiger charge is 2.28. The van der Waals surface area contributed by atoms with Crippen LogP contribution in [0.2, 0.25) is 0 Å². The molecule has 0 fully saturated rings. The van der Waals surface area contributed by atoms with Crippen LogP contribution in [0.25, 0.3) is 0 Å². The first-order valence-electron chi connectivity index (χ1n) is 6.85. The predicted molar refractivity (Wildman–Crippen MR) is 73.4 cm³/mol. The van der Waals surface area contributed by atoms with E-state index >= 15 is 0 Å². The number of methoxy groups -OCH3 is 1. The Kier molecular flexibility index (Phi) is 9.02. The number of ether oxygens (including phenoxy) is 2. The van der Waals surface area contributed by atoms with Crippen LogP contribution in [0.4, 0.5) is 0 Å². The number of rotatable bonds is 10. The smallest absolute Gasteiger partial charge is 0.325 e. The third-order valence-electron chi connectivity index (χ3n) is 2.96. The zero-order valence-electron chi connectivity index (χ0n) is 12.3. The Morgan fingerprint density at radius 3 is 2.39 bits per heavy atom. The lowest BCUT2D eigenvalue weighted by Gasteiger charge is -2.21. The first-order chi connectivity index (χ1) is 8.40. The van der Waals surface area contributed by atoms with Crippen LogP contribution in [0.3, 0.4) is 0 Å². The predicted octanol–water partition coefficient (Wildman–Crippen LogP) is 2.50. The van der Waals surface area contributed by atoms with Crippen molar-refractivity contribution in [2.24, 2.45) is 11.7 Å². The minimum Gasteiger partial charge on any atom is -0.468 e. The molecule has 0 aliphatic carbocycles. The molecule has 0 aromatic carbocycles. The Labute approximate surface area is 111 Å². The molecule has 0 spiro atoms. The van der Waals surface area contributed by atoms with E-state index in [0.29, 0.717) is 6.42 Å². The van der Waals surface area contributed by atoms with Gasteiger partial charge in [0, 0.05) is 13.2 Å². The van der Waals surface area contributed by atoms with Crippen molar-refractivity contribution in [3.63, 3.8) is 0 Å². The van der Waals surface area contributed by atoms with Crippen LogP contribution in [0, 0.1) is 5.92 Å². The molecule has 4 heteroatoms. The number of hydrogen-bond donors (Lipinski definition) is 1. The Balaban J connectivity index is 3.43. The fraction of sp³-hybridized carbons (Fsp3) is 0.929. The molecule has 0 bridgehead atoms. The number of hydrogen-bond acceptors (Lipinski definition) is 4. The van der Waals surface area contributed by atoms with E-state index in [1.54, 1.807) is 6.92 Å². The normalized spacial score (nSPS) is 14.6. The highest BCUT2D eigenvalue weighted by atomic mass is 16.5. The second-order valence-electron chi connectivity index (χ2n) is 5.51. The molecule has 0 saturated carbocycles. The molecule has 0 amide bonds. The second-order valence-corrected chi connectivity index (χ2v) is 5.51. The Hall–Kier alpha value is -0.610. The molecule has 0 aliphatic heterocycles. The van der Waals surface area contributed by atoms with Gasteiger partial charge in [-0.05, 0) is 44.9 Å². The van der Waals surface area contributed by atoms with Gasteiger partial charge in [0.2, 0.25) is 0 Å². The third kappa shape index (κ3) is 8.48. The van der Waals surface area contributed by atoms with Gasteiger partial charge in [-0.25, -0.2) is 0 Å². The van der Waals surface area contributed by atoms with Gasteiger partial charge in [0.1, 0.15) is 5.54 Å². The zero-order valence-corrected chi connectivity index (χ0v) is 12.3. The summed E-state index contributed by atoms with van der Waals surface area (Å²) in [6.45, 7) is 7.72. The molecule has 108 valence electrons. The third-order valence-corrected chi connectivity index (χ3v) is 2.96. The first-order valence-corrected chi connectivity index (χ1v) is 6.85. The van der Waals surface area contributed by atoms with E-state index < -0.39 is 5.54 Å². The highest BCUT2D eigenvalue weighted by molar-refractivity contribution is 5.79. The van der Waals surface area contributed by atoms with Gasteiger partial charge in [0.05, 0.1) is 7.11 Å². The molecule has 4 nitrogen and oxygen atoms in total. The number of carbonyl (C=O) groups is 1. The standard InChI is InChI=1S/C14H29NO3/c1-12(2)8-7-11-18-10-6-5-9-14(3,15)13(16)17-4/h12H,5-11,15H2,1-4H3. The van der Waals surface area contributed by atoms with Crippen molar-refractivity contribution in [3.05, 3.63) is 0 Å². The maximum absolute atomic E-state index is 11.3. The van der Waals surface area contributed by atoms with Crippen LogP contribution >= 0.6 is 0 Å². The molecule has 0 aromatic rings. The fourth-order valence-electron chi connectivity index (χ4n) is 1.73. The van der Waals surface area contributed by atoms with Crippen molar-refractivity contribution in [3.8, 4) is 0 Å². The molecule has 2 N–H and O–H groups in total. The van der Waals surface area contributed by atoms with Gasteiger partial charge in [0.15, 0.2) is 0 Å². The summed E-state index contributed by atoms with van der Waals surface area (Å²) < 4.78 is 10.2. The molecule has 1 unspecified atom stereocenters. The number of carbonyl (C=O) groups excluding carboxylic acids is 1. The zero-order chi connectivity index (χ0) is 14.0. The van der Waals surface area contributed by atoms with E-state index in [-0.39, 0.29) is 5.97 Å². The van der Waals surface area contributed by atoms with Crippen LogP contribution in [-0.2, 0) is 14.3 Å². The minimum absolute atomic E-state index is 0.347. The molecule has 0 aliphatic rings. The molecule has 0 heterocycles. The second kappa shape index (κ2) is 9.34. The van der Waals surface area contributed by atoms with Crippen molar-refractivity contribution >= 4 is 5.97 Å². The van der Waals surface area contributed by atoms with Gasteiger partial charge in [-0.1, -0.05) is 13.8 Å². The van der Waals surface area contributed by atoms with Gasteiger partial charge in [-0.2, -0.15) is 0 Å². The summed E-state index contributed by atoms with van der Waals surface area (Å²) in [7, 11) is 1.37. The average Bonchev–Trinajstić information content (AvgIpc) is 2.30. The lowest BCUT2D eigenvalue weighted by Crippen LogP contribution is -2.45. The van der Waals surface area contributed by atoms with E-state index in [4.69, 9.17) is 10.5 Å². The lowest BCUT2D eigenvalue weighted by atomic mass is 9.96. The van der Waals surface area contributed by atoms with Crippen molar-refractivity contribution in [1.29, 1.82) is 0 Å². The summed E-state index contributed by atoms with van der Waals surface area (Å²) in [5, 5.41) is 0. The molecule has 0 aromatic heterocycles. The Bertz CT molecular complexity index is 227. The van der Waals surface area contributed by atoms with Gasteiger partial charge in [0.25, 0.3) is 0 Å². The lowest BCUT2D eigenvalue weighted by molar-refractivity contribution is -0.146. The summed E-state index contributed by atoms with van der Waals surface area (Å²) in [5.74, 6) is 0.395. The summed E-state index contributed by atoms with van der Waals surface area (Å²) in [4.78, 5) is 11.3. The van der Waals surface area contributed by atoms with Gasteiger partial charge < -0.3 is 15.2 Å². The molecule has 18 heavy (non-hydrogen) atoms. The first kappa shape index (κ1) is 17.4. The highest BCUT2D eigenvalue weighted by Crippen LogP contribution is 2.12. The topological polar surface area (TPSA) is 61.5 Å². The summed E-state index contributed by atoms with van der Waals surface area (Å²) in [5.41, 5.74) is 4.98. The maximum atomic E-state index is 11.3. The Morgan fingerprint density at radius 1 is 1.22 bits per heavy atom. The van der Waals surface area contributed by atoms with E-state index in [1.165, 1.54) is 13.5 Å². The maximum Gasteiger partial charge on any atom is 0.325 e. The van der Waals surface area contributed by atoms with Crippen molar-refractivity contribution in [2.75, 3.05) is 20.3 Å². The van der Waals surface area contributed by atoms with Gasteiger partial charge >= 0.3 is 5.97 Å². The van der Waals surface area contributed by atoms with Crippen LogP contribution in [0.15, 0.2) is 0 Å². The van der Waals surface area contributed by atoms with E-state index in [9.17, 15) is 4.79 Å². The SMILES string of the molecule is COC(=O)C(C)(N)CCCCOCCCC(C)C. The van der Waals surface area contributed by atoms with Crippen LogP contribution < -0.4 is 5.73 Å². The molecular formula is C14H29NO3. The molecule has 0 radical (unpaired) electrons. The Morgan fingerprint density at radius 2 is 1.83 bits per heavy atom. The van der Waals surface area contributed by atoms with E-state index in [0.717, 1.165) is 38.4 Å². The van der Waals surface area contributed by atoms with E-state index in [2.05, 4.69) is 18.6 Å². The van der Waals surface area contributed by atoms with Crippen molar-refractivity contribution in [2.45, 2.75) is 58.4 Å². The van der Waals surface area contributed by atoms with Crippen molar-refractivity contribution < 1.29 is 14.3 Å². The summed E-state index contributed by atoms with van der Waals surface area (Å²) in [6, 6.07) is 0. The molecule has 1 atom stereocenters. The minimum atomic E-state index is -0.869. The largest absolute Gasteiger partial charge is 0.468 e. The fourth-order valence-corrected chi connectivity index (χ4v) is 1.73. The van der Waals surface area contributed by atoms with Crippen LogP contribution in [-0.4, -0.2) is 31.8 Å². The number of unbranched alkanes of at least 4 members (excludes halogenated alkanes) is 1. The summed E-state index contributed by atoms with van der Waals surface area (Å²) >= 11 is 0. The van der Waals surface area contributed by atoms with Crippen LogP contribution in [0.5, 0.6) is 0 Å². The average molecular weight is 259 g/mol. The monoisotopic (exact) mass is 259 g/mol. The quantitative estimate of drug-likeness (QED) is 0.483. The number of esters is 1. The molecule has 0 rings (SSSR count). The molecule has 0 saturated heterocycles.